The number of nitrogens with one attached hydrogen (secondary N) is 1. The maximum absolute atomic E-state index is 6.33. The number of rotatable bonds is 4. The van der Waals surface area contributed by atoms with Gasteiger partial charge < -0.3 is 10.1 Å². The largest absolute Gasteiger partial charge is 0.495 e. The summed E-state index contributed by atoms with van der Waals surface area (Å²) in [7, 11) is 3.51. The van der Waals surface area contributed by atoms with Gasteiger partial charge in [0, 0.05) is 17.1 Å². The van der Waals surface area contributed by atoms with Crippen molar-refractivity contribution in [3.8, 4) is 16.9 Å². The lowest BCUT2D eigenvalue weighted by molar-refractivity contribution is 0.415. The molecule has 2 nitrogen and oxygen atoms in total. The van der Waals surface area contributed by atoms with Crippen LogP contribution in [0.2, 0.25) is 10.0 Å². The van der Waals surface area contributed by atoms with Crippen molar-refractivity contribution in [3.05, 3.63) is 52.0 Å². The van der Waals surface area contributed by atoms with Crippen molar-refractivity contribution in [2.24, 2.45) is 0 Å². The number of halogens is 2. The van der Waals surface area contributed by atoms with Crippen LogP contribution in [0.25, 0.3) is 11.1 Å². The number of ether oxygens (including phenoxy) is 1. The van der Waals surface area contributed by atoms with Gasteiger partial charge in [-0.2, -0.15) is 0 Å². The van der Waals surface area contributed by atoms with Crippen LogP contribution in [0.5, 0.6) is 5.75 Å². The van der Waals surface area contributed by atoms with Gasteiger partial charge in [-0.1, -0.05) is 41.4 Å². The van der Waals surface area contributed by atoms with Gasteiger partial charge in [0.1, 0.15) is 5.75 Å². The molecule has 19 heavy (non-hydrogen) atoms. The summed E-state index contributed by atoms with van der Waals surface area (Å²) in [5.41, 5.74) is 3.11. The van der Waals surface area contributed by atoms with E-state index in [1.54, 1.807) is 7.11 Å². The molecule has 2 aromatic carbocycles. The van der Waals surface area contributed by atoms with Gasteiger partial charge in [-0.15, -0.1) is 0 Å². The molecule has 0 radical (unpaired) electrons. The second-order valence-electron chi connectivity index (χ2n) is 4.19. The van der Waals surface area contributed by atoms with Crippen LogP contribution in [-0.4, -0.2) is 14.2 Å². The molecule has 100 valence electrons. The van der Waals surface area contributed by atoms with E-state index >= 15 is 0 Å². The smallest absolute Gasteiger partial charge is 0.138 e. The highest BCUT2D eigenvalue weighted by Crippen LogP contribution is 2.34. The van der Waals surface area contributed by atoms with E-state index in [2.05, 4.69) is 11.4 Å². The van der Waals surface area contributed by atoms with E-state index in [0.717, 1.165) is 28.3 Å². The summed E-state index contributed by atoms with van der Waals surface area (Å²) in [6, 6.07) is 11.7. The Balaban J connectivity index is 2.41. The highest BCUT2D eigenvalue weighted by Gasteiger charge is 2.08. The molecule has 0 unspecified atom stereocenters. The third-order valence-electron chi connectivity index (χ3n) is 2.88. The highest BCUT2D eigenvalue weighted by molar-refractivity contribution is 6.34. The van der Waals surface area contributed by atoms with Gasteiger partial charge in [0.25, 0.3) is 0 Å². The zero-order valence-electron chi connectivity index (χ0n) is 10.8. The summed E-state index contributed by atoms with van der Waals surface area (Å²) in [5, 5.41) is 4.41. The Bertz CT molecular complexity index is 584. The number of benzene rings is 2. The number of hydrogen-bond donors (Lipinski definition) is 1. The van der Waals surface area contributed by atoms with Crippen LogP contribution in [0.1, 0.15) is 5.56 Å². The third kappa shape index (κ3) is 3.21. The molecule has 0 aliphatic heterocycles. The second kappa shape index (κ2) is 6.29. The fourth-order valence-corrected chi connectivity index (χ4v) is 2.44. The van der Waals surface area contributed by atoms with Crippen molar-refractivity contribution >= 4 is 23.2 Å². The molecular formula is C15H15Cl2NO. The van der Waals surface area contributed by atoms with Crippen molar-refractivity contribution in [1.82, 2.24) is 5.32 Å². The minimum Gasteiger partial charge on any atom is -0.495 e. The third-order valence-corrected chi connectivity index (χ3v) is 3.50. The first-order chi connectivity index (χ1) is 9.15. The van der Waals surface area contributed by atoms with Crippen LogP contribution in [0.3, 0.4) is 0 Å². The van der Waals surface area contributed by atoms with Gasteiger partial charge in [-0.25, -0.2) is 0 Å². The van der Waals surface area contributed by atoms with E-state index in [0.29, 0.717) is 10.8 Å². The van der Waals surface area contributed by atoms with Gasteiger partial charge in [0.2, 0.25) is 0 Å². The molecule has 0 amide bonds. The number of methoxy groups -OCH3 is 1. The normalized spacial score (nSPS) is 10.5. The average molecular weight is 296 g/mol. The maximum Gasteiger partial charge on any atom is 0.138 e. The summed E-state index contributed by atoms with van der Waals surface area (Å²) in [6.07, 6.45) is 0. The molecule has 4 heteroatoms. The first-order valence-electron chi connectivity index (χ1n) is 5.92. The van der Waals surface area contributed by atoms with Crippen molar-refractivity contribution in [2.45, 2.75) is 6.54 Å². The molecular weight excluding hydrogens is 281 g/mol. The van der Waals surface area contributed by atoms with E-state index in [4.69, 9.17) is 27.9 Å². The first kappa shape index (κ1) is 14.2. The molecule has 2 rings (SSSR count). The van der Waals surface area contributed by atoms with Crippen molar-refractivity contribution in [1.29, 1.82) is 0 Å². The fourth-order valence-electron chi connectivity index (χ4n) is 1.93. The quantitative estimate of drug-likeness (QED) is 0.903. The Hall–Kier alpha value is -1.22. The van der Waals surface area contributed by atoms with Crippen molar-refractivity contribution in [3.63, 3.8) is 0 Å². The lowest BCUT2D eigenvalue weighted by Gasteiger charge is -2.10. The summed E-state index contributed by atoms with van der Waals surface area (Å²) in [6.45, 7) is 0.796. The zero-order valence-corrected chi connectivity index (χ0v) is 12.3. The molecule has 0 bridgehead atoms. The molecule has 0 atom stereocenters. The monoisotopic (exact) mass is 295 g/mol. The fraction of sp³-hybridized carbons (Fsp3) is 0.200. The minimum absolute atomic E-state index is 0.592. The van der Waals surface area contributed by atoms with E-state index in [9.17, 15) is 0 Å². The molecule has 0 fully saturated rings. The van der Waals surface area contributed by atoms with E-state index in [1.165, 1.54) is 0 Å². The lowest BCUT2D eigenvalue weighted by Crippen LogP contribution is -2.04. The second-order valence-corrected chi connectivity index (χ2v) is 5.01. The Morgan fingerprint density at radius 2 is 1.84 bits per heavy atom. The van der Waals surface area contributed by atoms with E-state index < -0.39 is 0 Å². The van der Waals surface area contributed by atoms with Gasteiger partial charge in [0.05, 0.1) is 12.1 Å². The molecule has 0 spiro atoms. The van der Waals surface area contributed by atoms with Gasteiger partial charge in [-0.05, 0) is 36.4 Å². The van der Waals surface area contributed by atoms with Crippen LogP contribution in [0.15, 0.2) is 36.4 Å². The van der Waals surface area contributed by atoms with Gasteiger partial charge in [0.15, 0.2) is 0 Å². The predicted octanol–water partition coefficient (Wildman–Crippen LogP) is 4.39. The van der Waals surface area contributed by atoms with Crippen LogP contribution in [-0.2, 0) is 6.54 Å². The summed E-state index contributed by atoms with van der Waals surface area (Å²) >= 11 is 12.4. The molecule has 0 saturated carbocycles. The zero-order chi connectivity index (χ0) is 13.8. The number of hydrogen-bond acceptors (Lipinski definition) is 2. The van der Waals surface area contributed by atoms with Crippen LogP contribution in [0.4, 0.5) is 0 Å². The first-order valence-corrected chi connectivity index (χ1v) is 6.68. The SMILES string of the molecule is CNCc1ccc(-c2ccc(Cl)c(OC)c2)c(Cl)c1. The molecule has 0 heterocycles. The van der Waals surface area contributed by atoms with Gasteiger partial charge in [-0.3, -0.25) is 0 Å². The average Bonchev–Trinajstić information content (AvgIpc) is 2.40. The van der Waals surface area contributed by atoms with Gasteiger partial charge >= 0.3 is 0 Å². The predicted molar refractivity (Wildman–Crippen MR) is 81.2 cm³/mol. The molecule has 2 aromatic rings. The van der Waals surface area contributed by atoms with E-state index in [1.807, 2.05) is 37.4 Å². The Morgan fingerprint density at radius 1 is 1.05 bits per heavy atom. The topological polar surface area (TPSA) is 21.3 Å². The Labute approximate surface area is 123 Å². The van der Waals surface area contributed by atoms with Crippen molar-refractivity contribution < 1.29 is 4.74 Å². The van der Waals surface area contributed by atoms with Crippen LogP contribution < -0.4 is 10.1 Å². The molecule has 1 N–H and O–H groups in total. The Kier molecular flexibility index (Phi) is 4.70. The van der Waals surface area contributed by atoms with Crippen molar-refractivity contribution in [2.75, 3.05) is 14.2 Å². The molecule has 0 saturated heterocycles. The molecule has 0 aromatic heterocycles. The summed E-state index contributed by atoms with van der Waals surface area (Å²) in [5.74, 6) is 0.648. The highest BCUT2D eigenvalue weighted by atomic mass is 35.5. The van der Waals surface area contributed by atoms with E-state index in [-0.39, 0.29) is 0 Å². The maximum atomic E-state index is 6.33. The molecule has 0 aliphatic carbocycles. The van der Waals surface area contributed by atoms with Crippen LogP contribution in [0, 0.1) is 0 Å². The minimum atomic E-state index is 0.592. The van der Waals surface area contributed by atoms with Crippen LogP contribution >= 0.6 is 23.2 Å². The standard InChI is InChI=1S/C15H15Cl2NO/c1-18-9-10-3-5-12(14(17)7-10)11-4-6-13(16)15(8-11)19-2/h3-8,18H,9H2,1-2H3. The lowest BCUT2D eigenvalue weighted by atomic mass is 10.0. The Morgan fingerprint density at radius 3 is 2.47 bits per heavy atom. The molecule has 0 aliphatic rings. The summed E-state index contributed by atoms with van der Waals surface area (Å²) in [4.78, 5) is 0. The summed E-state index contributed by atoms with van der Waals surface area (Å²) < 4.78 is 5.22.